The molecule has 0 bridgehead atoms. The van der Waals surface area contributed by atoms with Gasteiger partial charge in [0.1, 0.15) is 12.4 Å². The normalized spacial score (nSPS) is 14.2. The van der Waals surface area contributed by atoms with Crippen LogP contribution in [0.4, 0.5) is 0 Å². The minimum Gasteiger partial charge on any atom is -0.492 e. The van der Waals surface area contributed by atoms with Gasteiger partial charge in [0, 0.05) is 32.6 Å². The molecule has 2 aliphatic rings. The van der Waals surface area contributed by atoms with Crippen molar-refractivity contribution in [1.29, 1.82) is 0 Å². The minimum absolute atomic E-state index is 0.0701. The number of benzene rings is 3. The first kappa shape index (κ1) is 38.7. The van der Waals surface area contributed by atoms with E-state index in [9.17, 15) is 4.79 Å². The average molecular weight is 719 g/mol. The van der Waals surface area contributed by atoms with Crippen LogP contribution in [0.25, 0.3) is 20.5 Å². The zero-order valence-electron chi connectivity index (χ0n) is 28.2. The van der Waals surface area contributed by atoms with Crippen LogP contribution in [0.3, 0.4) is 0 Å². The van der Waals surface area contributed by atoms with E-state index in [1.807, 2.05) is 30.3 Å². The van der Waals surface area contributed by atoms with Crippen LogP contribution < -0.4 is 4.74 Å². The maximum atomic E-state index is 13.9. The molecule has 0 atom stereocenters. The van der Waals surface area contributed by atoms with Gasteiger partial charge in [-0.15, -0.1) is 11.3 Å². The topological polar surface area (TPSA) is 182 Å². The third-order valence-corrected chi connectivity index (χ3v) is 9.75. The highest BCUT2D eigenvalue weighted by Gasteiger charge is 2.22. The second kappa shape index (κ2) is 19.3. The van der Waals surface area contributed by atoms with E-state index in [-0.39, 0.29) is 5.78 Å². The lowest BCUT2D eigenvalue weighted by Crippen LogP contribution is -2.25. The fraction of sp³-hybridized carbons (Fsp3) is 0.342. The molecule has 0 unspecified atom stereocenters. The van der Waals surface area contributed by atoms with Gasteiger partial charge in [0.25, 0.3) is 0 Å². The van der Waals surface area contributed by atoms with Gasteiger partial charge >= 0.3 is 23.9 Å². The lowest BCUT2D eigenvalue weighted by Gasteiger charge is -2.15. The number of ether oxygens (including phenoxy) is 1. The second-order valence-corrected chi connectivity index (χ2v) is 13.2. The Morgan fingerprint density at radius 1 is 0.647 bits per heavy atom. The molecule has 3 heterocycles. The number of ketones is 1. The molecule has 2 fully saturated rings. The number of rotatable bonds is 11. The van der Waals surface area contributed by atoms with Crippen LogP contribution in [0.1, 0.15) is 53.6 Å². The standard InChI is InChI=1S/C34H38N2O2S.2C2H2O4/c37-33(27-15-17-29(18-16-27)38-25-24-36-21-5-6-22-36)32-30-9-1-2-10-31(30)39-34(32)28-13-11-26(12-14-28)8-7-23-35-19-3-4-20-35;2*3-1(4)2(5)6/h1-2,9-18H,3-8,19-25H2;2*(H,3,4)(H,5,6). The molecule has 12 nitrogen and oxygen atoms in total. The number of hydrogen-bond donors (Lipinski definition) is 4. The van der Waals surface area contributed by atoms with Gasteiger partial charge in [-0.05, 0) is 113 Å². The van der Waals surface area contributed by atoms with Crippen molar-refractivity contribution in [2.75, 3.05) is 45.9 Å². The number of hydrogen-bond acceptors (Lipinski definition) is 9. The van der Waals surface area contributed by atoms with Gasteiger partial charge in [-0.3, -0.25) is 9.69 Å². The number of nitrogens with zero attached hydrogens (tertiary/aromatic N) is 2. The number of carbonyl (C=O) groups excluding carboxylic acids is 1. The molecule has 1 aromatic heterocycles. The van der Waals surface area contributed by atoms with Crippen molar-refractivity contribution < 1.29 is 49.1 Å². The number of thiophene rings is 1. The molecule has 0 amide bonds. The highest BCUT2D eigenvalue weighted by molar-refractivity contribution is 7.22. The van der Waals surface area contributed by atoms with Crippen LogP contribution in [0.2, 0.25) is 0 Å². The Morgan fingerprint density at radius 2 is 1.18 bits per heavy atom. The molecule has 2 aliphatic heterocycles. The number of carbonyl (C=O) groups is 5. The van der Waals surface area contributed by atoms with Crippen LogP contribution in [0.5, 0.6) is 5.75 Å². The highest BCUT2D eigenvalue weighted by atomic mass is 32.1. The lowest BCUT2D eigenvalue weighted by molar-refractivity contribution is -0.159. The maximum Gasteiger partial charge on any atom is 0.414 e. The summed E-state index contributed by atoms with van der Waals surface area (Å²) in [5, 5.41) is 30.6. The SMILES string of the molecule is O=C(O)C(=O)O.O=C(O)C(=O)O.O=C(c1ccc(OCCN2CCCC2)cc1)c1c(-c2ccc(CCCN3CCCC3)cc2)sc2ccccc12. The fourth-order valence-electron chi connectivity index (χ4n) is 5.96. The first-order valence-electron chi connectivity index (χ1n) is 16.8. The number of carboxylic acids is 4. The largest absolute Gasteiger partial charge is 0.492 e. The van der Waals surface area contributed by atoms with E-state index >= 15 is 0 Å². The molecule has 4 N–H and O–H groups in total. The molecule has 4 aromatic rings. The van der Waals surface area contributed by atoms with Crippen molar-refractivity contribution in [1.82, 2.24) is 9.80 Å². The predicted octanol–water partition coefficient (Wildman–Crippen LogP) is 5.61. The van der Waals surface area contributed by atoms with Gasteiger partial charge < -0.3 is 30.1 Å². The smallest absolute Gasteiger partial charge is 0.414 e. The molecule has 51 heavy (non-hydrogen) atoms. The van der Waals surface area contributed by atoms with Gasteiger partial charge in [-0.25, -0.2) is 19.2 Å². The summed E-state index contributed by atoms with van der Waals surface area (Å²) in [6.45, 7) is 7.71. The summed E-state index contributed by atoms with van der Waals surface area (Å²) < 4.78 is 7.12. The van der Waals surface area contributed by atoms with Crippen molar-refractivity contribution in [3.63, 3.8) is 0 Å². The average Bonchev–Trinajstić information content (AvgIpc) is 3.91. The first-order chi connectivity index (χ1) is 24.5. The maximum absolute atomic E-state index is 13.9. The zero-order valence-corrected chi connectivity index (χ0v) is 29.0. The Bertz CT molecular complexity index is 1740. The molecular formula is C38H42N2O10S. The Kier molecular flexibility index (Phi) is 14.7. The van der Waals surface area contributed by atoms with E-state index in [4.69, 9.17) is 44.3 Å². The summed E-state index contributed by atoms with van der Waals surface area (Å²) >= 11 is 1.71. The van der Waals surface area contributed by atoms with E-state index in [1.54, 1.807) is 11.3 Å². The van der Waals surface area contributed by atoms with Gasteiger partial charge in [0.15, 0.2) is 5.78 Å². The van der Waals surface area contributed by atoms with Crippen LogP contribution in [0.15, 0.2) is 72.8 Å². The Labute approximate surface area is 299 Å². The molecule has 0 saturated carbocycles. The minimum atomic E-state index is -1.82. The molecule has 0 radical (unpaired) electrons. The van der Waals surface area contributed by atoms with Crippen LogP contribution in [-0.2, 0) is 25.6 Å². The van der Waals surface area contributed by atoms with E-state index in [1.165, 1.54) is 70.4 Å². The van der Waals surface area contributed by atoms with Gasteiger partial charge in [0.05, 0.1) is 0 Å². The van der Waals surface area contributed by atoms with Crippen molar-refractivity contribution >= 4 is 51.1 Å². The summed E-state index contributed by atoms with van der Waals surface area (Å²) in [6.07, 6.45) is 7.58. The van der Waals surface area contributed by atoms with E-state index in [0.717, 1.165) is 44.8 Å². The van der Waals surface area contributed by atoms with E-state index in [2.05, 4.69) is 52.3 Å². The Balaban J connectivity index is 0.000000420. The van der Waals surface area contributed by atoms with Gasteiger partial charge in [0.2, 0.25) is 0 Å². The number of aryl methyl sites for hydroxylation is 1. The first-order valence-corrected chi connectivity index (χ1v) is 17.6. The lowest BCUT2D eigenvalue weighted by atomic mass is 9.97. The van der Waals surface area contributed by atoms with Crippen LogP contribution in [0, 0.1) is 0 Å². The molecule has 6 rings (SSSR count). The molecule has 0 spiro atoms. The molecular weight excluding hydrogens is 676 g/mol. The monoisotopic (exact) mass is 718 g/mol. The number of carboxylic acid groups (broad SMARTS) is 4. The van der Waals surface area contributed by atoms with Crippen molar-refractivity contribution in [3.8, 4) is 16.2 Å². The van der Waals surface area contributed by atoms with Crippen LogP contribution >= 0.6 is 11.3 Å². The van der Waals surface area contributed by atoms with Crippen LogP contribution in [-0.4, -0.2) is 106 Å². The van der Waals surface area contributed by atoms with Gasteiger partial charge in [-0.2, -0.15) is 0 Å². The molecule has 270 valence electrons. The third kappa shape index (κ3) is 11.7. The number of likely N-dealkylation sites (tertiary alicyclic amines) is 2. The summed E-state index contributed by atoms with van der Waals surface area (Å²) in [6, 6.07) is 24.8. The van der Waals surface area contributed by atoms with E-state index < -0.39 is 23.9 Å². The highest BCUT2D eigenvalue weighted by Crippen LogP contribution is 2.40. The summed E-state index contributed by atoms with van der Waals surface area (Å²) in [7, 11) is 0. The number of fused-ring (bicyclic) bond motifs is 1. The molecule has 3 aromatic carbocycles. The summed E-state index contributed by atoms with van der Waals surface area (Å²) in [4.78, 5) is 56.4. The third-order valence-electron chi connectivity index (χ3n) is 8.53. The van der Waals surface area contributed by atoms with Crippen molar-refractivity contribution in [3.05, 3.63) is 89.5 Å². The Hall–Kier alpha value is -5.11. The fourth-order valence-corrected chi connectivity index (χ4v) is 7.16. The van der Waals surface area contributed by atoms with Gasteiger partial charge in [-0.1, -0.05) is 42.5 Å². The predicted molar refractivity (Wildman–Crippen MR) is 193 cm³/mol. The zero-order chi connectivity index (χ0) is 36.8. The molecule has 0 aliphatic carbocycles. The molecule has 13 heteroatoms. The van der Waals surface area contributed by atoms with Crippen molar-refractivity contribution in [2.45, 2.75) is 38.5 Å². The second-order valence-electron chi connectivity index (χ2n) is 12.1. The summed E-state index contributed by atoms with van der Waals surface area (Å²) in [5.41, 5.74) is 3.99. The number of aliphatic carboxylic acids is 4. The van der Waals surface area contributed by atoms with Crippen molar-refractivity contribution in [2.24, 2.45) is 0 Å². The quantitative estimate of drug-likeness (QED) is 0.111. The summed E-state index contributed by atoms with van der Waals surface area (Å²) in [5.74, 6) is -6.41. The van der Waals surface area contributed by atoms with E-state index in [0.29, 0.717) is 12.2 Å². The molecule has 2 saturated heterocycles. The Morgan fingerprint density at radius 3 is 1.73 bits per heavy atom.